The average molecular weight is 709 g/mol. The molecule has 1 aromatic heterocycles. The van der Waals surface area contributed by atoms with Gasteiger partial charge in [0.2, 0.25) is 0 Å². The molecule has 0 nitrogen and oxygen atoms in total. The lowest BCUT2D eigenvalue weighted by Crippen LogP contribution is -2.17. The van der Waals surface area contributed by atoms with Gasteiger partial charge in [0.15, 0.2) is 0 Å². The zero-order valence-corrected chi connectivity index (χ0v) is 30.4. The molecule has 250 valence electrons. The van der Waals surface area contributed by atoms with Crippen molar-refractivity contribution in [1.29, 1.82) is 0 Å². The molecule has 15 rings (SSSR count). The molecule has 0 bridgehead atoms. The lowest BCUT2D eigenvalue weighted by Gasteiger charge is -2.32. The Balaban J connectivity index is 1.07. The first kappa shape index (κ1) is 28.0. The first-order chi connectivity index (χ1) is 27.3. The molecular weight excluding hydrogens is 681 g/mol. The SMILES string of the molecule is C1=Cc2c3c(c4c5cccc6c7ccc8c9c7c(c(c7cccc2c74)c65)C=CC9c2cc(-c4ccccc4)ccc2-8)C=CC2=c4c(sc5ccccc45)=C1C23. The summed E-state index contributed by atoms with van der Waals surface area (Å²) in [5.41, 5.74) is 16.9. The van der Waals surface area contributed by atoms with E-state index in [1.165, 1.54) is 140 Å². The second-order valence-corrected chi connectivity index (χ2v) is 17.2. The van der Waals surface area contributed by atoms with Crippen LogP contribution in [-0.4, -0.2) is 0 Å². The lowest BCUT2D eigenvalue weighted by atomic mass is 9.71. The van der Waals surface area contributed by atoms with Crippen molar-refractivity contribution < 1.29 is 0 Å². The van der Waals surface area contributed by atoms with Gasteiger partial charge in [0, 0.05) is 31.7 Å². The van der Waals surface area contributed by atoms with Crippen LogP contribution in [0.15, 0.2) is 140 Å². The molecule has 5 aliphatic rings. The Hall–Kier alpha value is -6.54. The summed E-state index contributed by atoms with van der Waals surface area (Å²) >= 11 is 1.97. The highest BCUT2D eigenvalue weighted by atomic mass is 32.1. The number of hydrogen-bond acceptors (Lipinski definition) is 1. The summed E-state index contributed by atoms with van der Waals surface area (Å²) in [6, 6.07) is 46.0. The summed E-state index contributed by atoms with van der Waals surface area (Å²) in [5.74, 6) is 0.527. The summed E-state index contributed by atoms with van der Waals surface area (Å²) in [5, 5.41) is 16.8. The van der Waals surface area contributed by atoms with Gasteiger partial charge < -0.3 is 0 Å². The van der Waals surface area contributed by atoms with E-state index >= 15 is 0 Å². The zero-order valence-electron chi connectivity index (χ0n) is 29.6. The fraction of sp³-hybridized carbons (Fsp3) is 0.0370. The van der Waals surface area contributed by atoms with Gasteiger partial charge >= 0.3 is 0 Å². The van der Waals surface area contributed by atoms with Gasteiger partial charge in [0.25, 0.3) is 0 Å². The van der Waals surface area contributed by atoms with Crippen LogP contribution in [0.1, 0.15) is 45.2 Å². The molecule has 0 radical (unpaired) electrons. The molecule has 2 unspecified atom stereocenters. The molecule has 0 fully saturated rings. The predicted molar refractivity (Wildman–Crippen MR) is 236 cm³/mol. The maximum absolute atomic E-state index is 2.50. The molecule has 10 aromatic rings. The molecular formula is C54H28S. The van der Waals surface area contributed by atoms with Crippen molar-refractivity contribution in [2.24, 2.45) is 0 Å². The highest BCUT2D eigenvalue weighted by Gasteiger charge is 2.38. The Kier molecular flexibility index (Phi) is 4.78. The summed E-state index contributed by atoms with van der Waals surface area (Å²) in [7, 11) is 0. The second-order valence-electron chi connectivity index (χ2n) is 16.1. The van der Waals surface area contributed by atoms with Crippen LogP contribution in [0.2, 0.25) is 0 Å². The van der Waals surface area contributed by atoms with Crippen LogP contribution in [0.3, 0.4) is 0 Å². The van der Waals surface area contributed by atoms with Crippen molar-refractivity contribution in [1.82, 2.24) is 0 Å². The van der Waals surface area contributed by atoms with E-state index in [-0.39, 0.29) is 11.8 Å². The minimum absolute atomic E-state index is 0.249. The van der Waals surface area contributed by atoms with Crippen LogP contribution >= 0.6 is 11.3 Å². The van der Waals surface area contributed by atoms with E-state index in [2.05, 4.69) is 158 Å². The first-order valence-corrected chi connectivity index (χ1v) is 20.3. The van der Waals surface area contributed by atoms with Crippen molar-refractivity contribution in [2.75, 3.05) is 0 Å². The normalized spacial score (nSPS) is 17.9. The van der Waals surface area contributed by atoms with Gasteiger partial charge in [-0.1, -0.05) is 146 Å². The third-order valence-corrected chi connectivity index (χ3v) is 15.1. The average Bonchev–Trinajstić information content (AvgIpc) is 3.89. The Morgan fingerprint density at radius 2 is 1.13 bits per heavy atom. The standard InChI is InChI=1S/C54H28S/c1-2-8-27(9-3-1)28-16-17-29-32-18-19-33-30-11-6-14-38-46(30)50(39-22-20-35(43(29)26-28)45(32)48(33)39)37-13-7-12-31-34-21-25-42-52-41(24-23-40(49(34)52)51(38)47(31)37)53-36-10-4-5-15-44(36)55-54(42)53/h1-26,35,52H. The number of rotatable bonds is 1. The van der Waals surface area contributed by atoms with Crippen molar-refractivity contribution in [3.05, 3.63) is 183 Å². The molecule has 0 spiro atoms. The van der Waals surface area contributed by atoms with Gasteiger partial charge in [-0.15, -0.1) is 11.3 Å². The molecule has 0 N–H and O–H groups in total. The Bertz CT molecular complexity index is 3750. The molecule has 0 saturated heterocycles. The van der Waals surface area contributed by atoms with E-state index in [1.807, 2.05) is 11.3 Å². The zero-order chi connectivity index (χ0) is 35.3. The van der Waals surface area contributed by atoms with E-state index in [1.54, 1.807) is 0 Å². The van der Waals surface area contributed by atoms with Gasteiger partial charge in [0.05, 0.1) is 0 Å². The minimum Gasteiger partial charge on any atom is -0.135 e. The van der Waals surface area contributed by atoms with E-state index in [0.29, 0.717) is 0 Å². The van der Waals surface area contributed by atoms with Crippen LogP contribution < -0.4 is 9.75 Å². The smallest absolute Gasteiger partial charge is 0.0400 e. The van der Waals surface area contributed by atoms with E-state index in [0.717, 1.165) is 0 Å². The number of thiophene rings is 1. The number of benzene rings is 9. The Morgan fingerprint density at radius 3 is 2.04 bits per heavy atom. The van der Waals surface area contributed by atoms with Crippen molar-refractivity contribution >= 4 is 105 Å². The highest BCUT2D eigenvalue weighted by molar-refractivity contribution is 7.17. The fourth-order valence-electron chi connectivity index (χ4n) is 11.8. The van der Waals surface area contributed by atoms with Gasteiger partial charge in [0.1, 0.15) is 0 Å². The Labute approximate surface area is 319 Å². The van der Waals surface area contributed by atoms with Gasteiger partial charge in [-0.2, -0.15) is 0 Å². The predicted octanol–water partition coefficient (Wildman–Crippen LogP) is 13.1. The molecule has 0 amide bonds. The van der Waals surface area contributed by atoms with Crippen LogP contribution in [-0.2, 0) is 0 Å². The summed E-state index contributed by atoms with van der Waals surface area (Å²) < 4.78 is 2.84. The third-order valence-electron chi connectivity index (χ3n) is 13.8. The molecule has 9 aromatic carbocycles. The van der Waals surface area contributed by atoms with Crippen LogP contribution in [0.4, 0.5) is 0 Å². The first-order valence-electron chi connectivity index (χ1n) is 19.5. The van der Waals surface area contributed by atoms with Crippen molar-refractivity contribution in [3.8, 4) is 22.3 Å². The van der Waals surface area contributed by atoms with Crippen LogP contribution in [0.25, 0.3) is 116 Å². The lowest BCUT2D eigenvalue weighted by molar-refractivity contribution is 1.09. The van der Waals surface area contributed by atoms with Gasteiger partial charge in [-0.05, 0) is 133 Å². The Morgan fingerprint density at radius 1 is 0.418 bits per heavy atom. The van der Waals surface area contributed by atoms with Crippen LogP contribution in [0.5, 0.6) is 0 Å². The molecule has 55 heavy (non-hydrogen) atoms. The topological polar surface area (TPSA) is 0 Å². The molecule has 0 saturated carbocycles. The molecule has 0 aliphatic heterocycles. The largest absolute Gasteiger partial charge is 0.135 e. The summed E-state index contributed by atoms with van der Waals surface area (Å²) in [6.07, 6.45) is 14.8. The molecule has 1 heteroatoms. The summed E-state index contributed by atoms with van der Waals surface area (Å²) in [6.45, 7) is 0. The van der Waals surface area contributed by atoms with Crippen molar-refractivity contribution in [3.63, 3.8) is 0 Å². The minimum atomic E-state index is 0.249. The maximum atomic E-state index is 2.50. The summed E-state index contributed by atoms with van der Waals surface area (Å²) in [4.78, 5) is 0. The molecule has 5 aliphatic carbocycles. The van der Waals surface area contributed by atoms with Gasteiger partial charge in [-0.3, -0.25) is 0 Å². The van der Waals surface area contributed by atoms with Crippen LogP contribution in [0, 0.1) is 0 Å². The molecule has 1 heterocycles. The van der Waals surface area contributed by atoms with E-state index in [4.69, 9.17) is 0 Å². The van der Waals surface area contributed by atoms with Crippen molar-refractivity contribution in [2.45, 2.75) is 11.8 Å². The maximum Gasteiger partial charge on any atom is 0.0400 e. The number of allylic oxidation sites excluding steroid dienone is 3. The highest BCUT2D eigenvalue weighted by Crippen LogP contribution is 2.58. The number of fused-ring (bicyclic) bond motifs is 12. The quantitative estimate of drug-likeness (QED) is 0.118. The second kappa shape index (κ2) is 9.39. The van der Waals surface area contributed by atoms with E-state index < -0.39 is 0 Å². The van der Waals surface area contributed by atoms with E-state index in [9.17, 15) is 0 Å². The number of hydrogen-bond donors (Lipinski definition) is 0. The fourth-order valence-corrected chi connectivity index (χ4v) is 13.1. The third kappa shape index (κ3) is 3.11. The van der Waals surface area contributed by atoms with Gasteiger partial charge in [-0.25, -0.2) is 0 Å². The monoisotopic (exact) mass is 708 g/mol. The molecule has 2 atom stereocenters.